The average Bonchev–Trinajstić information content (AvgIpc) is 2.27. The van der Waals surface area contributed by atoms with E-state index in [1.165, 1.54) is 0 Å². The molecule has 1 aromatic carbocycles. The smallest absolute Gasteiger partial charge is 0.153 e. The van der Waals surface area contributed by atoms with Crippen molar-refractivity contribution >= 4 is 6.29 Å². The second-order valence-corrected chi connectivity index (χ2v) is 3.16. The largest absolute Gasteiger partial charge is 0.366 e. The minimum atomic E-state index is -0.493. The minimum absolute atomic E-state index is 0.493. The standard InChI is InChI=1S/C11H9NO2/c12-6-8-2-1-3-10-9(8)4-5-14-11(10)7-13/h1-3,7,11H,4-5H2. The zero-order chi connectivity index (χ0) is 9.97. The third-order valence-electron chi connectivity index (χ3n) is 2.41. The molecule has 1 unspecified atom stereocenters. The number of nitrogens with zero attached hydrogens (tertiary/aromatic N) is 1. The lowest BCUT2D eigenvalue weighted by atomic mass is 9.94. The van der Waals surface area contributed by atoms with E-state index in [9.17, 15) is 4.79 Å². The van der Waals surface area contributed by atoms with Gasteiger partial charge < -0.3 is 9.53 Å². The first-order valence-electron chi connectivity index (χ1n) is 4.45. The Morgan fingerprint density at radius 2 is 2.43 bits per heavy atom. The molecule has 0 N–H and O–H groups in total. The average molecular weight is 187 g/mol. The fraction of sp³-hybridized carbons (Fsp3) is 0.273. The Morgan fingerprint density at radius 3 is 3.14 bits per heavy atom. The van der Waals surface area contributed by atoms with Crippen molar-refractivity contribution in [2.45, 2.75) is 12.5 Å². The maximum Gasteiger partial charge on any atom is 0.153 e. The number of fused-ring (bicyclic) bond motifs is 1. The molecule has 2 rings (SSSR count). The van der Waals surface area contributed by atoms with Crippen molar-refractivity contribution in [1.29, 1.82) is 5.26 Å². The quantitative estimate of drug-likeness (QED) is 0.624. The fourth-order valence-electron chi connectivity index (χ4n) is 1.75. The summed E-state index contributed by atoms with van der Waals surface area (Å²) in [5, 5.41) is 8.87. The van der Waals surface area contributed by atoms with Gasteiger partial charge in [-0.1, -0.05) is 12.1 Å². The lowest BCUT2D eigenvalue weighted by Gasteiger charge is -2.22. The van der Waals surface area contributed by atoms with Gasteiger partial charge in [0.25, 0.3) is 0 Å². The number of aldehydes is 1. The van der Waals surface area contributed by atoms with Gasteiger partial charge in [-0.2, -0.15) is 5.26 Å². The summed E-state index contributed by atoms with van der Waals surface area (Å²) >= 11 is 0. The normalized spacial score (nSPS) is 19.5. The molecule has 1 aliphatic heterocycles. The molecular weight excluding hydrogens is 178 g/mol. The molecule has 1 aromatic rings. The number of benzene rings is 1. The van der Waals surface area contributed by atoms with E-state index >= 15 is 0 Å². The number of hydrogen-bond donors (Lipinski definition) is 0. The summed E-state index contributed by atoms with van der Waals surface area (Å²) in [5.41, 5.74) is 2.45. The van der Waals surface area contributed by atoms with Crippen molar-refractivity contribution in [3.63, 3.8) is 0 Å². The van der Waals surface area contributed by atoms with Crippen LogP contribution in [0.4, 0.5) is 0 Å². The number of hydrogen-bond acceptors (Lipinski definition) is 3. The number of nitriles is 1. The number of rotatable bonds is 1. The van der Waals surface area contributed by atoms with Gasteiger partial charge >= 0.3 is 0 Å². The lowest BCUT2D eigenvalue weighted by Crippen LogP contribution is -2.18. The minimum Gasteiger partial charge on any atom is -0.366 e. The molecule has 0 aliphatic carbocycles. The third kappa shape index (κ3) is 1.30. The molecule has 14 heavy (non-hydrogen) atoms. The van der Waals surface area contributed by atoms with Crippen molar-refractivity contribution in [1.82, 2.24) is 0 Å². The maximum atomic E-state index is 10.7. The van der Waals surface area contributed by atoms with Crippen LogP contribution in [0.1, 0.15) is 22.8 Å². The van der Waals surface area contributed by atoms with Crippen molar-refractivity contribution < 1.29 is 9.53 Å². The Bertz CT molecular complexity index is 406. The summed E-state index contributed by atoms with van der Waals surface area (Å²) in [6.07, 6.45) is 0.995. The third-order valence-corrected chi connectivity index (χ3v) is 2.41. The molecule has 0 saturated carbocycles. The second-order valence-electron chi connectivity index (χ2n) is 3.16. The Labute approximate surface area is 81.9 Å². The van der Waals surface area contributed by atoms with Crippen LogP contribution in [-0.4, -0.2) is 12.9 Å². The van der Waals surface area contributed by atoms with Crippen LogP contribution < -0.4 is 0 Å². The van der Waals surface area contributed by atoms with Crippen LogP contribution in [0.2, 0.25) is 0 Å². The van der Waals surface area contributed by atoms with Gasteiger partial charge in [0.1, 0.15) is 6.10 Å². The van der Waals surface area contributed by atoms with Crippen LogP contribution in [0.3, 0.4) is 0 Å². The van der Waals surface area contributed by atoms with E-state index in [0.29, 0.717) is 18.6 Å². The van der Waals surface area contributed by atoms with Gasteiger partial charge in [0.15, 0.2) is 6.29 Å². The number of carbonyl (C=O) groups is 1. The highest BCUT2D eigenvalue weighted by molar-refractivity contribution is 5.63. The van der Waals surface area contributed by atoms with Crippen molar-refractivity contribution in [3.8, 4) is 6.07 Å². The van der Waals surface area contributed by atoms with E-state index in [0.717, 1.165) is 17.4 Å². The zero-order valence-corrected chi connectivity index (χ0v) is 7.56. The molecular formula is C11H9NO2. The van der Waals surface area contributed by atoms with E-state index in [4.69, 9.17) is 10.00 Å². The molecule has 70 valence electrons. The van der Waals surface area contributed by atoms with Crippen LogP contribution in [0.5, 0.6) is 0 Å². The topological polar surface area (TPSA) is 50.1 Å². The van der Waals surface area contributed by atoms with Crippen LogP contribution in [0, 0.1) is 11.3 Å². The van der Waals surface area contributed by atoms with E-state index in [1.54, 1.807) is 12.1 Å². The number of ether oxygens (including phenoxy) is 1. The summed E-state index contributed by atoms with van der Waals surface area (Å²) in [6, 6.07) is 7.52. The first-order valence-corrected chi connectivity index (χ1v) is 4.45. The number of carbonyl (C=O) groups excluding carboxylic acids is 1. The van der Waals surface area contributed by atoms with Gasteiger partial charge in [-0.25, -0.2) is 0 Å². The molecule has 0 aromatic heterocycles. The summed E-state index contributed by atoms with van der Waals surface area (Å²) < 4.78 is 5.28. The van der Waals surface area contributed by atoms with Gasteiger partial charge in [0, 0.05) is 0 Å². The first kappa shape index (κ1) is 8.92. The lowest BCUT2D eigenvalue weighted by molar-refractivity contribution is -0.119. The highest BCUT2D eigenvalue weighted by Gasteiger charge is 2.21. The zero-order valence-electron chi connectivity index (χ0n) is 7.56. The predicted octanol–water partition coefficient (Wildman–Crippen LogP) is 1.37. The Balaban J connectivity index is 2.55. The van der Waals surface area contributed by atoms with Crippen LogP contribution in [-0.2, 0) is 16.0 Å². The van der Waals surface area contributed by atoms with E-state index < -0.39 is 6.10 Å². The Kier molecular flexibility index (Phi) is 2.30. The molecule has 1 heterocycles. The van der Waals surface area contributed by atoms with Crippen molar-refractivity contribution in [2.75, 3.05) is 6.61 Å². The molecule has 1 atom stereocenters. The van der Waals surface area contributed by atoms with E-state index in [-0.39, 0.29) is 0 Å². The molecule has 3 heteroatoms. The monoisotopic (exact) mass is 187 g/mol. The summed E-state index contributed by atoms with van der Waals surface area (Å²) in [6.45, 7) is 0.509. The molecule has 1 aliphatic rings. The van der Waals surface area contributed by atoms with Crippen LogP contribution >= 0.6 is 0 Å². The molecule has 0 bridgehead atoms. The van der Waals surface area contributed by atoms with Gasteiger partial charge in [0.2, 0.25) is 0 Å². The second kappa shape index (κ2) is 3.60. The predicted molar refractivity (Wildman–Crippen MR) is 49.6 cm³/mol. The molecule has 0 radical (unpaired) electrons. The molecule has 0 saturated heterocycles. The van der Waals surface area contributed by atoms with Crippen molar-refractivity contribution in [2.24, 2.45) is 0 Å². The molecule has 0 amide bonds. The fourth-order valence-corrected chi connectivity index (χ4v) is 1.75. The Hall–Kier alpha value is -1.66. The molecule has 0 spiro atoms. The van der Waals surface area contributed by atoms with Crippen LogP contribution in [0.25, 0.3) is 0 Å². The summed E-state index contributed by atoms with van der Waals surface area (Å²) in [4.78, 5) is 10.7. The SMILES string of the molecule is N#Cc1cccc2c1CCOC2C=O. The van der Waals surface area contributed by atoms with Gasteiger partial charge in [0.05, 0.1) is 18.2 Å². The first-order chi connectivity index (χ1) is 6.86. The maximum absolute atomic E-state index is 10.7. The van der Waals surface area contributed by atoms with Gasteiger partial charge in [-0.3, -0.25) is 0 Å². The molecule has 0 fully saturated rings. The van der Waals surface area contributed by atoms with Gasteiger partial charge in [-0.05, 0) is 23.6 Å². The highest BCUT2D eigenvalue weighted by atomic mass is 16.5. The summed E-state index contributed by atoms with van der Waals surface area (Å²) in [7, 11) is 0. The highest BCUT2D eigenvalue weighted by Crippen LogP contribution is 2.27. The molecule has 3 nitrogen and oxygen atoms in total. The van der Waals surface area contributed by atoms with Crippen molar-refractivity contribution in [3.05, 3.63) is 34.9 Å². The van der Waals surface area contributed by atoms with Crippen LogP contribution in [0.15, 0.2) is 18.2 Å². The van der Waals surface area contributed by atoms with E-state index in [1.807, 2.05) is 6.07 Å². The van der Waals surface area contributed by atoms with Gasteiger partial charge in [-0.15, -0.1) is 0 Å². The Morgan fingerprint density at radius 1 is 1.57 bits per heavy atom. The summed E-state index contributed by atoms with van der Waals surface area (Å²) in [5.74, 6) is 0. The van der Waals surface area contributed by atoms with E-state index in [2.05, 4.69) is 6.07 Å².